The lowest BCUT2D eigenvalue weighted by Crippen LogP contribution is -2.25. The SMILES string of the molecule is CCOC(=O)C(O)Cc1cc(F)ccc1C. The predicted octanol–water partition coefficient (Wildman–Crippen LogP) is 1.60. The van der Waals surface area contributed by atoms with Crippen molar-refractivity contribution >= 4 is 5.97 Å². The van der Waals surface area contributed by atoms with Crippen molar-refractivity contribution in [3.8, 4) is 0 Å². The Morgan fingerprint density at radius 3 is 2.88 bits per heavy atom. The molecule has 1 rings (SSSR count). The molecule has 0 radical (unpaired) electrons. The van der Waals surface area contributed by atoms with Gasteiger partial charge in [0.2, 0.25) is 0 Å². The van der Waals surface area contributed by atoms with Crippen molar-refractivity contribution in [3.63, 3.8) is 0 Å². The summed E-state index contributed by atoms with van der Waals surface area (Å²) >= 11 is 0. The molecule has 3 nitrogen and oxygen atoms in total. The average molecular weight is 226 g/mol. The number of benzene rings is 1. The molecular formula is C12H15FO3. The second-order valence-electron chi connectivity index (χ2n) is 3.54. The molecule has 0 saturated carbocycles. The molecule has 0 aliphatic rings. The Bertz CT molecular complexity index is 377. The normalized spacial score (nSPS) is 12.2. The third kappa shape index (κ3) is 3.31. The molecule has 1 aromatic rings. The monoisotopic (exact) mass is 226 g/mol. The van der Waals surface area contributed by atoms with Gasteiger partial charge in [-0.25, -0.2) is 9.18 Å². The number of esters is 1. The quantitative estimate of drug-likeness (QED) is 0.793. The summed E-state index contributed by atoms with van der Waals surface area (Å²) in [4.78, 5) is 11.2. The summed E-state index contributed by atoms with van der Waals surface area (Å²) < 4.78 is 17.6. The van der Waals surface area contributed by atoms with Crippen LogP contribution in [-0.4, -0.2) is 23.8 Å². The van der Waals surface area contributed by atoms with E-state index in [4.69, 9.17) is 0 Å². The molecule has 1 aromatic carbocycles. The molecule has 0 saturated heterocycles. The number of hydrogen-bond donors (Lipinski definition) is 1. The average Bonchev–Trinajstić information content (AvgIpc) is 2.23. The summed E-state index contributed by atoms with van der Waals surface area (Å²) in [5.41, 5.74) is 1.45. The summed E-state index contributed by atoms with van der Waals surface area (Å²) in [5, 5.41) is 9.52. The van der Waals surface area contributed by atoms with Crippen LogP contribution in [0.1, 0.15) is 18.1 Å². The Morgan fingerprint density at radius 2 is 2.25 bits per heavy atom. The van der Waals surface area contributed by atoms with Gasteiger partial charge in [-0.2, -0.15) is 0 Å². The topological polar surface area (TPSA) is 46.5 Å². The standard InChI is InChI=1S/C12H15FO3/c1-3-16-12(15)11(14)7-9-6-10(13)5-4-8(9)2/h4-6,11,14H,3,7H2,1-2H3. The highest BCUT2D eigenvalue weighted by atomic mass is 19.1. The maximum atomic E-state index is 12.9. The maximum Gasteiger partial charge on any atom is 0.335 e. The smallest absolute Gasteiger partial charge is 0.335 e. The van der Waals surface area contributed by atoms with Gasteiger partial charge >= 0.3 is 5.97 Å². The zero-order valence-corrected chi connectivity index (χ0v) is 9.37. The summed E-state index contributed by atoms with van der Waals surface area (Å²) in [6.45, 7) is 3.68. The van der Waals surface area contributed by atoms with Crippen molar-refractivity contribution in [1.82, 2.24) is 0 Å². The number of aliphatic hydroxyl groups is 1. The molecule has 0 heterocycles. The van der Waals surface area contributed by atoms with Crippen LogP contribution >= 0.6 is 0 Å². The van der Waals surface area contributed by atoms with Crippen LogP contribution in [0.3, 0.4) is 0 Å². The van der Waals surface area contributed by atoms with E-state index in [9.17, 15) is 14.3 Å². The lowest BCUT2D eigenvalue weighted by Gasteiger charge is -2.11. The molecule has 0 bridgehead atoms. The molecule has 1 unspecified atom stereocenters. The van der Waals surface area contributed by atoms with Crippen molar-refractivity contribution in [3.05, 3.63) is 35.1 Å². The Kier molecular flexibility index (Phi) is 4.43. The van der Waals surface area contributed by atoms with Gasteiger partial charge in [-0.3, -0.25) is 0 Å². The largest absolute Gasteiger partial charge is 0.464 e. The van der Waals surface area contributed by atoms with Crippen molar-refractivity contribution in [2.75, 3.05) is 6.61 Å². The van der Waals surface area contributed by atoms with E-state index < -0.39 is 12.1 Å². The molecule has 0 amide bonds. The van der Waals surface area contributed by atoms with E-state index in [0.717, 1.165) is 5.56 Å². The first kappa shape index (κ1) is 12.6. The number of aryl methyl sites for hydroxylation is 1. The summed E-state index contributed by atoms with van der Waals surface area (Å²) in [6.07, 6.45) is -1.16. The van der Waals surface area contributed by atoms with Crippen LogP contribution in [0.2, 0.25) is 0 Å². The molecule has 0 aliphatic heterocycles. The third-order valence-electron chi connectivity index (χ3n) is 2.28. The van der Waals surface area contributed by atoms with Crippen molar-refractivity contribution in [2.24, 2.45) is 0 Å². The fraction of sp³-hybridized carbons (Fsp3) is 0.417. The maximum absolute atomic E-state index is 12.9. The van der Waals surface area contributed by atoms with Crippen molar-refractivity contribution in [1.29, 1.82) is 0 Å². The minimum absolute atomic E-state index is 0.0719. The third-order valence-corrected chi connectivity index (χ3v) is 2.28. The molecule has 0 spiro atoms. The van der Waals surface area contributed by atoms with E-state index in [1.54, 1.807) is 19.9 Å². The predicted molar refractivity (Wildman–Crippen MR) is 57.5 cm³/mol. The van der Waals surface area contributed by atoms with E-state index >= 15 is 0 Å². The first-order chi connectivity index (χ1) is 7.54. The molecule has 4 heteroatoms. The molecule has 16 heavy (non-hydrogen) atoms. The van der Waals surface area contributed by atoms with E-state index in [-0.39, 0.29) is 18.8 Å². The van der Waals surface area contributed by atoms with Crippen LogP contribution < -0.4 is 0 Å². The van der Waals surface area contributed by atoms with Crippen LogP contribution in [-0.2, 0) is 16.0 Å². The van der Waals surface area contributed by atoms with Gasteiger partial charge in [0.25, 0.3) is 0 Å². The molecular weight excluding hydrogens is 211 g/mol. The van der Waals surface area contributed by atoms with Crippen LogP contribution in [0, 0.1) is 12.7 Å². The number of ether oxygens (including phenoxy) is 1. The van der Waals surface area contributed by atoms with E-state index in [0.29, 0.717) is 5.56 Å². The number of carbonyl (C=O) groups excluding carboxylic acids is 1. The van der Waals surface area contributed by atoms with Crippen molar-refractivity contribution in [2.45, 2.75) is 26.4 Å². The Balaban J connectivity index is 2.72. The van der Waals surface area contributed by atoms with Crippen molar-refractivity contribution < 1.29 is 19.0 Å². The minimum Gasteiger partial charge on any atom is -0.464 e. The minimum atomic E-state index is -1.24. The van der Waals surface area contributed by atoms with Gasteiger partial charge < -0.3 is 9.84 Å². The Hall–Kier alpha value is -1.42. The second kappa shape index (κ2) is 5.61. The lowest BCUT2D eigenvalue weighted by molar-refractivity contribution is -0.152. The van der Waals surface area contributed by atoms with E-state index in [2.05, 4.69) is 4.74 Å². The van der Waals surface area contributed by atoms with Gasteiger partial charge in [0.15, 0.2) is 6.10 Å². The lowest BCUT2D eigenvalue weighted by atomic mass is 10.0. The number of hydrogen-bond acceptors (Lipinski definition) is 3. The first-order valence-corrected chi connectivity index (χ1v) is 5.14. The zero-order valence-electron chi connectivity index (χ0n) is 9.37. The fourth-order valence-corrected chi connectivity index (χ4v) is 1.39. The summed E-state index contributed by atoms with van der Waals surface area (Å²) in [7, 11) is 0. The molecule has 1 atom stereocenters. The number of rotatable bonds is 4. The number of carbonyl (C=O) groups is 1. The summed E-state index contributed by atoms with van der Waals surface area (Å²) in [6, 6.07) is 4.27. The number of halogens is 1. The Labute approximate surface area is 93.9 Å². The molecule has 0 fully saturated rings. The zero-order chi connectivity index (χ0) is 12.1. The van der Waals surface area contributed by atoms with Crippen LogP contribution in [0.25, 0.3) is 0 Å². The van der Waals surface area contributed by atoms with Gasteiger partial charge in [0.05, 0.1) is 6.61 Å². The fourth-order valence-electron chi connectivity index (χ4n) is 1.39. The van der Waals surface area contributed by atoms with E-state index in [1.807, 2.05) is 0 Å². The second-order valence-corrected chi connectivity index (χ2v) is 3.54. The molecule has 0 aromatic heterocycles. The highest BCUT2D eigenvalue weighted by molar-refractivity contribution is 5.74. The molecule has 88 valence electrons. The van der Waals surface area contributed by atoms with Gasteiger partial charge in [-0.05, 0) is 37.1 Å². The van der Waals surface area contributed by atoms with Crippen LogP contribution in [0.4, 0.5) is 4.39 Å². The van der Waals surface area contributed by atoms with Crippen LogP contribution in [0.15, 0.2) is 18.2 Å². The van der Waals surface area contributed by atoms with Gasteiger partial charge in [0.1, 0.15) is 5.82 Å². The van der Waals surface area contributed by atoms with Gasteiger partial charge in [0, 0.05) is 6.42 Å². The van der Waals surface area contributed by atoms with Gasteiger partial charge in [-0.1, -0.05) is 6.07 Å². The van der Waals surface area contributed by atoms with Gasteiger partial charge in [-0.15, -0.1) is 0 Å². The highest BCUT2D eigenvalue weighted by Gasteiger charge is 2.17. The molecule has 1 N–H and O–H groups in total. The summed E-state index contributed by atoms with van der Waals surface area (Å²) in [5.74, 6) is -1.05. The molecule has 0 aliphatic carbocycles. The highest BCUT2D eigenvalue weighted by Crippen LogP contribution is 2.13. The number of aliphatic hydroxyl groups excluding tert-OH is 1. The Morgan fingerprint density at radius 1 is 1.56 bits per heavy atom. The van der Waals surface area contributed by atoms with E-state index in [1.165, 1.54) is 12.1 Å². The first-order valence-electron chi connectivity index (χ1n) is 5.14. The van der Waals surface area contributed by atoms with Crippen LogP contribution in [0.5, 0.6) is 0 Å².